The van der Waals surface area contributed by atoms with Gasteiger partial charge in [0.2, 0.25) is 0 Å². The Balaban J connectivity index is 1.77. The van der Waals surface area contributed by atoms with Crippen LogP contribution in [-0.4, -0.2) is 40.8 Å². The number of rotatable bonds is 8. The zero-order valence-corrected chi connectivity index (χ0v) is 22.3. The van der Waals surface area contributed by atoms with E-state index in [4.69, 9.17) is 14.5 Å². The average Bonchev–Trinajstić information content (AvgIpc) is 3.39. The normalized spacial score (nSPS) is 17.1. The predicted octanol–water partition coefficient (Wildman–Crippen LogP) is 5.96. The lowest BCUT2D eigenvalue weighted by Crippen LogP contribution is -2.36. The predicted molar refractivity (Wildman–Crippen MR) is 145 cm³/mol. The average molecular weight is 534 g/mol. The fraction of sp³-hybridized carbons (Fsp3) is 0.286. The van der Waals surface area contributed by atoms with Crippen molar-refractivity contribution in [2.75, 3.05) is 13.2 Å². The summed E-state index contributed by atoms with van der Waals surface area (Å²) in [5.41, 5.74) is 4.15. The van der Waals surface area contributed by atoms with E-state index in [1.165, 1.54) is 23.5 Å². The van der Waals surface area contributed by atoms with E-state index in [0.717, 1.165) is 11.1 Å². The van der Waals surface area contributed by atoms with Gasteiger partial charge in [-0.25, -0.2) is 9.78 Å². The van der Waals surface area contributed by atoms with Crippen LogP contribution < -0.4 is 0 Å². The number of ether oxygens (including phenoxy) is 2. The zero-order valence-electron chi connectivity index (χ0n) is 21.5. The lowest BCUT2D eigenvalue weighted by molar-refractivity contribution is -0.384. The molecule has 4 rings (SSSR count). The minimum atomic E-state index is -0.787. The van der Waals surface area contributed by atoms with Crippen LogP contribution in [-0.2, 0) is 19.1 Å². The van der Waals surface area contributed by atoms with Crippen LogP contribution in [0.1, 0.15) is 39.2 Å². The first-order chi connectivity index (χ1) is 18.2. The Kier molecular flexibility index (Phi) is 8.11. The number of hydrogen-bond acceptors (Lipinski definition) is 9. The highest BCUT2D eigenvalue weighted by atomic mass is 32.1. The van der Waals surface area contributed by atoms with Crippen LogP contribution in [0, 0.1) is 16.0 Å². The largest absolute Gasteiger partial charge is 0.465 e. The number of carbonyl (C=O) groups is 2. The van der Waals surface area contributed by atoms with Crippen LogP contribution >= 0.6 is 11.3 Å². The maximum atomic E-state index is 13.1. The number of non-ortho nitro benzene ring substituents is 1. The molecule has 0 bridgehead atoms. The Morgan fingerprint density at radius 3 is 2.45 bits per heavy atom. The Morgan fingerprint density at radius 2 is 1.74 bits per heavy atom. The van der Waals surface area contributed by atoms with Crippen LogP contribution in [0.3, 0.4) is 0 Å². The Labute approximate surface area is 224 Å². The molecule has 0 saturated carbocycles. The fourth-order valence-corrected chi connectivity index (χ4v) is 5.42. The monoisotopic (exact) mass is 533 g/mol. The molecule has 0 saturated heterocycles. The highest BCUT2D eigenvalue weighted by Crippen LogP contribution is 2.41. The number of esters is 2. The molecule has 1 aliphatic rings. The number of aliphatic imine (C=N–C) groups is 1. The fourth-order valence-electron chi connectivity index (χ4n) is 4.59. The first-order valence-corrected chi connectivity index (χ1v) is 13.0. The lowest BCUT2D eigenvalue weighted by atomic mass is 9.75. The van der Waals surface area contributed by atoms with Crippen LogP contribution in [0.2, 0.25) is 0 Å². The highest BCUT2D eigenvalue weighted by molar-refractivity contribution is 7.13. The number of nitro benzene ring substituents is 1. The molecule has 196 valence electrons. The molecule has 1 aliphatic heterocycles. The highest BCUT2D eigenvalue weighted by Gasteiger charge is 2.42. The number of thiazole rings is 1. The van der Waals surface area contributed by atoms with Crippen molar-refractivity contribution in [3.8, 4) is 21.8 Å². The summed E-state index contributed by atoms with van der Waals surface area (Å²) >= 11 is 1.40. The van der Waals surface area contributed by atoms with Gasteiger partial charge in [0.25, 0.3) is 5.69 Å². The number of allylic oxidation sites excluding steroid dienone is 1. The molecule has 0 amide bonds. The number of aromatic nitrogens is 1. The summed E-state index contributed by atoms with van der Waals surface area (Å²) in [7, 11) is 0. The molecular formula is C28H27N3O6S. The minimum absolute atomic E-state index is 0.00737. The van der Waals surface area contributed by atoms with Crippen molar-refractivity contribution >= 4 is 34.7 Å². The standard InChI is InChI=1S/C28H27N3O6S/c1-5-36-27(32)23-16(3)29-17(4)24(28(33)37-6-2)25(23)19-10-7-11-20(13-19)26-30-22(15-38-26)18-9-8-12-21(14-18)31(34)35/h7-15,23,25H,5-6H2,1-4H3. The van der Waals surface area contributed by atoms with Crippen molar-refractivity contribution in [2.45, 2.75) is 33.6 Å². The first kappa shape index (κ1) is 26.9. The van der Waals surface area contributed by atoms with Gasteiger partial charge in [-0.05, 0) is 39.3 Å². The molecule has 0 radical (unpaired) electrons. The van der Waals surface area contributed by atoms with Crippen molar-refractivity contribution in [1.82, 2.24) is 4.98 Å². The van der Waals surface area contributed by atoms with E-state index in [2.05, 4.69) is 4.99 Å². The van der Waals surface area contributed by atoms with E-state index in [9.17, 15) is 19.7 Å². The maximum Gasteiger partial charge on any atom is 0.336 e. The van der Waals surface area contributed by atoms with Crippen molar-refractivity contribution in [3.63, 3.8) is 0 Å². The topological polar surface area (TPSA) is 121 Å². The summed E-state index contributed by atoms with van der Waals surface area (Å²) in [6, 6.07) is 13.8. The second-order valence-corrected chi connectivity index (χ2v) is 9.51. The number of carbonyl (C=O) groups excluding carboxylic acids is 2. The van der Waals surface area contributed by atoms with Gasteiger partial charge in [0.1, 0.15) is 10.9 Å². The van der Waals surface area contributed by atoms with Crippen molar-refractivity contribution < 1.29 is 24.0 Å². The second kappa shape index (κ2) is 11.5. The maximum absolute atomic E-state index is 13.1. The third-order valence-electron chi connectivity index (χ3n) is 6.21. The van der Waals surface area contributed by atoms with Crippen LogP contribution in [0.4, 0.5) is 5.69 Å². The van der Waals surface area contributed by atoms with Crippen molar-refractivity contribution in [2.24, 2.45) is 10.9 Å². The number of benzene rings is 2. The quantitative estimate of drug-likeness (QED) is 0.199. The molecule has 0 aliphatic carbocycles. The van der Waals surface area contributed by atoms with E-state index >= 15 is 0 Å². The van der Waals surface area contributed by atoms with E-state index < -0.39 is 28.7 Å². The number of nitrogens with zero attached hydrogens (tertiary/aromatic N) is 3. The summed E-state index contributed by atoms with van der Waals surface area (Å²) in [6.07, 6.45) is 0. The van der Waals surface area contributed by atoms with Gasteiger partial charge < -0.3 is 9.47 Å². The van der Waals surface area contributed by atoms with E-state index in [1.807, 2.05) is 29.6 Å². The van der Waals surface area contributed by atoms with E-state index in [-0.39, 0.29) is 18.9 Å². The molecule has 2 aromatic carbocycles. The zero-order chi connectivity index (χ0) is 27.4. The van der Waals surface area contributed by atoms with Gasteiger partial charge in [0.05, 0.1) is 29.4 Å². The van der Waals surface area contributed by atoms with Gasteiger partial charge in [0.15, 0.2) is 0 Å². The van der Waals surface area contributed by atoms with E-state index in [1.54, 1.807) is 39.8 Å². The molecule has 1 aromatic heterocycles. The van der Waals surface area contributed by atoms with Crippen molar-refractivity contribution in [3.05, 3.63) is 80.9 Å². The van der Waals surface area contributed by atoms with Gasteiger partial charge in [0, 0.05) is 46.0 Å². The second-order valence-electron chi connectivity index (χ2n) is 8.65. The van der Waals surface area contributed by atoms with Gasteiger partial charge in [-0.1, -0.05) is 30.3 Å². The molecular weight excluding hydrogens is 506 g/mol. The third-order valence-corrected chi connectivity index (χ3v) is 7.11. The Morgan fingerprint density at radius 1 is 1.03 bits per heavy atom. The van der Waals surface area contributed by atoms with E-state index in [0.29, 0.717) is 33.2 Å². The first-order valence-electron chi connectivity index (χ1n) is 12.2. The molecule has 10 heteroatoms. The Hall–Kier alpha value is -4.18. The van der Waals surface area contributed by atoms with Crippen LogP contribution in [0.25, 0.3) is 21.8 Å². The van der Waals surface area contributed by atoms with Crippen LogP contribution in [0.5, 0.6) is 0 Å². The van der Waals surface area contributed by atoms with Gasteiger partial charge in [-0.2, -0.15) is 0 Å². The summed E-state index contributed by atoms with van der Waals surface area (Å²) in [5, 5.41) is 13.7. The summed E-state index contributed by atoms with van der Waals surface area (Å²) in [6.45, 7) is 7.35. The smallest absolute Gasteiger partial charge is 0.336 e. The molecule has 2 atom stereocenters. The number of nitro groups is 1. The lowest BCUT2D eigenvalue weighted by Gasteiger charge is -2.31. The molecule has 0 fully saturated rings. The molecule has 38 heavy (non-hydrogen) atoms. The van der Waals surface area contributed by atoms with Gasteiger partial charge in [-0.15, -0.1) is 11.3 Å². The van der Waals surface area contributed by atoms with Gasteiger partial charge in [-0.3, -0.25) is 19.9 Å². The molecule has 2 heterocycles. The molecule has 9 nitrogen and oxygen atoms in total. The Bertz CT molecular complexity index is 1460. The molecule has 0 N–H and O–H groups in total. The third kappa shape index (κ3) is 5.40. The van der Waals surface area contributed by atoms with Gasteiger partial charge >= 0.3 is 11.9 Å². The van der Waals surface area contributed by atoms with Crippen molar-refractivity contribution in [1.29, 1.82) is 0 Å². The molecule has 2 unspecified atom stereocenters. The SMILES string of the molecule is CCOC(=O)C1=C(C)N=C(C)C(C(=O)OCC)C1c1cccc(-c2nc(-c3cccc([N+](=O)[O-])c3)cs2)c1. The summed E-state index contributed by atoms with van der Waals surface area (Å²) < 4.78 is 10.7. The van der Waals surface area contributed by atoms with Crippen LogP contribution in [0.15, 0.2) is 70.2 Å². The number of hydrogen-bond donors (Lipinski definition) is 0. The molecule has 3 aromatic rings. The minimum Gasteiger partial charge on any atom is -0.465 e. The summed E-state index contributed by atoms with van der Waals surface area (Å²) in [5.74, 6) is -2.42. The molecule has 0 spiro atoms. The summed E-state index contributed by atoms with van der Waals surface area (Å²) in [4.78, 5) is 46.1.